The smallest absolute Gasteiger partial charge is 0.228 e. The van der Waals surface area contributed by atoms with E-state index in [0.29, 0.717) is 11.5 Å². The average Bonchev–Trinajstić information content (AvgIpc) is 2.47. The first-order chi connectivity index (χ1) is 9.58. The van der Waals surface area contributed by atoms with Crippen molar-refractivity contribution in [2.45, 2.75) is 26.2 Å². The predicted molar refractivity (Wildman–Crippen MR) is 80.0 cm³/mol. The van der Waals surface area contributed by atoms with Crippen molar-refractivity contribution in [2.24, 2.45) is 0 Å². The molecule has 0 saturated heterocycles. The summed E-state index contributed by atoms with van der Waals surface area (Å²) in [4.78, 5) is 24.1. The van der Waals surface area contributed by atoms with E-state index in [-0.39, 0.29) is 12.2 Å². The van der Waals surface area contributed by atoms with Gasteiger partial charge >= 0.3 is 0 Å². The molecule has 2 rings (SSSR count). The van der Waals surface area contributed by atoms with Gasteiger partial charge in [0.05, 0.1) is 0 Å². The summed E-state index contributed by atoms with van der Waals surface area (Å²) < 4.78 is 0. The van der Waals surface area contributed by atoms with E-state index in [0.717, 1.165) is 11.1 Å². The van der Waals surface area contributed by atoms with Crippen LogP contribution in [-0.2, 0) is 11.2 Å². The van der Waals surface area contributed by atoms with Gasteiger partial charge in [0.15, 0.2) is 0 Å². The van der Waals surface area contributed by atoms with Crippen molar-refractivity contribution in [1.82, 2.24) is 0 Å². The van der Waals surface area contributed by atoms with Gasteiger partial charge in [-0.25, -0.2) is 0 Å². The van der Waals surface area contributed by atoms with Crippen LogP contribution < -0.4 is 0 Å². The monoisotopic (exact) mass is 266 g/mol. The molecule has 102 valence electrons. The fraction of sp³-hybridized carbons (Fsp3) is 0.222. The van der Waals surface area contributed by atoms with Crippen LogP contribution in [0.1, 0.15) is 41.3 Å². The predicted octanol–water partition coefficient (Wildman–Crippen LogP) is 3.80. The Hall–Kier alpha value is -2.22. The third kappa shape index (κ3) is 3.41. The van der Waals surface area contributed by atoms with Crippen LogP contribution in [0.15, 0.2) is 54.6 Å². The molecule has 2 heteroatoms. The lowest BCUT2D eigenvalue weighted by Gasteiger charge is -2.06. The third-order valence-corrected chi connectivity index (χ3v) is 3.30. The molecule has 0 aromatic heterocycles. The number of carbonyl (C=O) groups is 2. The van der Waals surface area contributed by atoms with Crippen LogP contribution in [-0.4, -0.2) is 11.6 Å². The Bertz CT molecular complexity index is 595. The molecule has 0 fully saturated rings. The third-order valence-electron chi connectivity index (χ3n) is 3.30. The van der Waals surface area contributed by atoms with E-state index in [1.807, 2.05) is 42.5 Å². The summed E-state index contributed by atoms with van der Waals surface area (Å²) in [6, 6.07) is 16.6. The highest BCUT2D eigenvalue weighted by Crippen LogP contribution is 2.15. The van der Waals surface area contributed by atoms with Crippen LogP contribution in [0.25, 0.3) is 0 Å². The summed E-state index contributed by atoms with van der Waals surface area (Å²) in [5, 5.41) is 0. The quantitative estimate of drug-likeness (QED) is 0.609. The summed E-state index contributed by atoms with van der Waals surface area (Å²) in [6.45, 7) is 4.19. The molecule has 0 bridgehead atoms. The van der Waals surface area contributed by atoms with Gasteiger partial charge in [0, 0.05) is 12.0 Å². The van der Waals surface area contributed by atoms with Gasteiger partial charge in [-0.3, -0.25) is 9.59 Å². The Balaban J connectivity index is 2.09. The Kier molecular flexibility index (Phi) is 4.46. The molecule has 2 nitrogen and oxygen atoms in total. The van der Waals surface area contributed by atoms with Crippen LogP contribution >= 0.6 is 0 Å². The number of hydrogen-bond donors (Lipinski definition) is 0. The molecule has 0 aliphatic rings. The molecule has 0 N–H and O–H groups in total. The molecule has 2 aromatic rings. The van der Waals surface area contributed by atoms with Crippen molar-refractivity contribution in [3.63, 3.8) is 0 Å². The average molecular weight is 266 g/mol. The molecule has 0 amide bonds. The van der Waals surface area contributed by atoms with Gasteiger partial charge in [0.1, 0.15) is 0 Å². The van der Waals surface area contributed by atoms with Crippen molar-refractivity contribution in [3.05, 3.63) is 71.3 Å². The van der Waals surface area contributed by atoms with Crippen LogP contribution in [0.5, 0.6) is 0 Å². The van der Waals surface area contributed by atoms with Gasteiger partial charge in [-0.15, -0.1) is 0 Å². The van der Waals surface area contributed by atoms with Crippen LogP contribution in [0.2, 0.25) is 0 Å². The van der Waals surface area contributed by atoms with Crippen LogP contribution in [0.3, 0.4) is 0 Å². The number of hydrogen-bond acceptors (Lipinski definition) is 2. The summed E-state index contributed by atoms with van der Waals surface area (Å²) in [6.07, 6.45) is 0.158. The minimum atomic E-state index is -0.413. The van der Waals surface area contributed by atoms with Crippen molar-refractivity contribution < 1.29 is 9.59 Å². The first-order valence-corrected chi connectivity index (χ1v) is 6.79. The molecule has 0 aliphatic heterocycles. The minimum absolute atomic E-state index is 0.158. The SMILES string of the molecule is CC(C)c1ccc(C(=O)C(=O)Cc2ccccc2)cc1. The minimum Gasteiger partial charge on any atom is -0.290 e. The Labute approximate surface area is 119 Å². The van der Waals surface area contributed by atoms with Crippen molar-refractivity contribution >= 4 is 11.6 Å². The van der Waals surface area contributed by atoms with E-state index < -0.39 is 5.78 Å². The van der Waals surface area contributed by atoms with Crippen LogP contribution in [0, 0.1) is 0 Å². The van der Waals surface area contributed by atoms with Gasteiger partial charge in [0.25, 0.3) is 0 Å². The second-order valence-corrected chi connectivity index (χ2v) is 5.19. The van der Waals surface area contributed by atoms with Gasteiger partial charge in [-0.2, -0.15) is 0 Å². The van der Waals surface area contributed by atoms with Gasteiger partial charge in [-0.05, 0) is 17.0 Å². The lowest BCUT2D eigenvalue weighted by Crippen LogP contribution is -2.16. The second kappa shape index (κ2) is 6.29. The molecule has 2 aromatic carbocycles. The molecule has 0 spiro atoms. The number of rotatable bonds is 5. The highest BCUT2D eigenvalue weighted by atomic mass is 16.2. The van der Waals surface area contributed by atoms with Gasteiger partial charge < -0.3 is 0 Å². The second-order valence-electron chi connectivity index (χ2n) is 5.19. The molecule has 0 atom stereocenters. The number of benzene rings is 2. The first kappa shape index (κ1) is 14.2. The number of Topliss-reactive ketones (excluding diaryl/α,β-unsaturated/α-hetero) is 2. The summed E-state index contributed by atoms with van der Waals surface area (Å²) in [5.41, 5.74) is 2.50. The standard InChI is InChI=1S/C18H18O2/c1-13(2)15-8-10-16(11-9-15)18(20)17(19)12-14-6-4-3-5-7-14/h3-11,13H,12H2,1-2H3. The zero-order chi connectivity index (χ0) is 14.5. The maximum absolute atomic E-state index is 12.1. The van der Waals surface area contributed by atoms with E-state index in [1.165, 1.54) is 0 Å². The fourth-order valence-corrected chi connectivity index (χ4v) is 2.04. The molecular formula is C18H18O2. The lowest BCUT2D eigenvalue weighted by atomic mass is 9.97. The molecule has 0 heterocycles. The zero-order valence-corrected chi connectivity index (χ0v) is 11.8. The van der Waals surface area contributed by atoms with E-state index in [1.54, 1.807) is 12.1 Å². The van der Waals surface area contributed by atoms with Crippen molar-refractivity contribution in [3.8, 4) is 0 Å². The number of ketones is 2. The summed E-state index contributed by atoms with van der Waals surface area (Å²) in [5.74, 6) is -0.364. The normalized spacial score (nSPS) is 10.6. The molecule has 0 aliphatic carbocycles. The molecule has 0 radical (unpaired) electrons. The Morgan fingerprint density at radius 3 is 2.05 bits per heavy atom. The van der Waals surface area contributed by atoms with Crippen molar-refractivity contribution in [2.75, 3.05) is 0 Å². The summed E-state index contributed by atoms with van der Waals surface area (Å²) >= 11 is 0. The van der Waals surface area contributed by atoms with E-state index >= 15 is 0 Å². The highest BCUT2D eigenvalue weighted by Gasteiger charge is 2.16. The van der Waals surface area contributed by atoms with Gasteiger partial charge in [0.2, 0.25) is 11.6 Å². The lowest BCUT2D eigenvalue weighted by molar-refractivity contribution is -0.114. The first-order valence-electron chi connectivity index (χ1n) is 6.79. The molecule has 0 unspecified atom stereocenters. The van der Waals surface area contributed by atoms with Crippen LogP contribution in [0.4, 0.5) is 0 Å². The van der Waals surface area contributed by atoms with Crippen molar-refractivity contribution in [1.29, 1.82) is 0 Å². The maximum atomic E-state index is 12.1. The van der Waals surface area contributed by atoms with E-state index in [2.05, 4.69) is 13.8 Å². The van der Waals surface area contributed by atoms with E-state index in [9.17, 15) is 9.59 Å². The Morgan fingerprint density at radius 2 is 1.50 bits per heavy atom. The maximum Gasteiger partial charge on any atom is 0.228 e. The highest BCUT2D eigenvalue weighted by molar-refractivity contribution is 6.44. The molecular weight excluding hydrogens is 248 g/mol. The zero-order valence-electron chi connectivity index (χ0n) is 11.8. The van der Waals surface area contributed by atoms with E-state index in [4.69, 9.17) is 0 Å². The Morgan fingerprint density at radius 1 is 0.900 bits per heavy atom. The number of carbonyl (C=O) groups excluding carboxylic acids is 2. The van der Waals surface area contributed by atoms with Gasteiger partial charge in [-0.1, -0.05) is 68.4 Å². The largest absolute Gasteiger partial charge is 0.290 e. The molecule has 20 heavy (non-hydrogen) atoms. The summed E-state index contributed by atoms with van der Waals surface area (Å²) in [7, 11) is 0. The fourth-order valence-electron chi connectivity index (χ4n) is 2.04. The topological polar surface area (TPSA) is 34.1 Å². The molecule has 0 saturated carbocycles.